The molecule has 39 heavy (non-hydrogen) atoms. The van der Waals surface area contributed by atoms with Gasteiger partial charge in [0.25, 0.3) is 15.9 Å². The number of hydrogen-bond donors (Lipinski definition) is 2. The number of nitrogens with zero attached hydrogens (tertiary/aromatic N) is 2. The minimum atomic E-state index is -3.99. The average Bonchev–Trinajstić information content (AvgIpc) is 3.32. The Morgan fingerprint density at radius 3 is 2.38 bits per heavy atom. The number of carbonyl (C=O) groups excluding carboxylic acids is 2. The van der Waals surface area contributed by atoms with E-state index in [-0.39, 0.29) is 23.3 Å². The molecule has 200 valence electrons. The predicted molar refractivity (Wildman–Crippen MR) is 155 cm³/mol. The van der Waals surface area contributed by atoms with Gasteiger partial charge >= 0.3 is 0 Å². The second-order valence-corrected chi connectivity index (χ2v) is 11.6. The summed E-state index contributed by atoms with van der Waals surface area (Å²) in [6.45, 7) is 2.71. The first-order valence-corrected chi connectivity index (χ1v) is 14.1. The number of likely N-dealkylation sites (N-methyl/N-ethyl adjacent to an activating group) is 1. The molecule has 9 heteroatoms. The summed E-state index contributed by atoms with van der Waals surface area (Å²) in [6.07, 6.45) is 0.724. The third kappa shape index (κ3) is 5.36. The Labute approximate surface area is 228 Å². The lowest BCUT2D eigenvalue weighted by molar-refractivity contribution is -0.119. The van der Waals surface area contributed by atoms with Gasteiger partial charge in [0.2, 0.25) is 5.91 Å². The Morgan fingerprint density at radius 1 is 0.923 bits per heavy atom. The van der Waals surface area contributed by atoms with Gasteiger partial charge in [0.1, 0.15) is 0 Å². The molecule has 5 rings (SSSR count). The molecule has 0 aromatic heterocycles. The molecule has 2 N–H and O–H groups in total. The van der Waals surface area contributed by atoms with Crippen LogP contribution in [-0.2, 0) is 21.2 Å². The molecule has 1 aliphatic rings. The number of aryl methyl sites for hydroxylation is 1. The maximum atomic E-state index is 13.6. The van der Waals surface area contributed by atoms with Crippen molar-refractivity contribution >= 4 is 49.7 Å². The number of amides is 2. The first-order valence-electron chi connectivity index (χ1n) is 12.6. The third-order valence-electron chi connectivity index (χ3n) is 6.80. The molecule has 0 atom stereocenters. The maximum Gasteiger partial charge on any atom is 0.262 e. The van der Waals surface area contributed by atoms with E-state index in [1.807, 2.05) is 44.1 Å². The Hall–Kier alpha value is -4.21. The van der Waals surface area contributed by atoms with Crippen molar-refractivity contribution in [1.29, 1.82) is 0 Å². The van der Waals surface area contributed by atoms with E-state index in [0.29, 0.717) is 34.3 Å². The highest BCUT2D eigenvalue weighted by atomic mass is 32.2. The van der Waals surface area contributed by atoms with Crippen molar-refractivity contribution in [1.82, 2.24) is 4.90 Å². The van der Waals surface area contributed by atoms with Crippen LogP contribution < -0.4 is 14.9 Å². The largest absolute Gasteiger partial charge is 0.321 e. The molecule has 4 aromatic carbocycles. The van der Waals surface area contributed by atoms with Gasteiger partial charge in [-0.2, -0.15) is 0 Å². The standard InChI is InChI=1S/C30H30N4O4S/c1-20-8-4-5-9-23(20)30(36)31-26-14-15-28(25-11-7-6-10-24(25)26)39(37,38)32-22-13-12-21-16-17-34(27(21)18-22)29(35)19-33(2)3/h4-15,18,32H,16-17,19H2,1-3H3,(H,31,36). The minimum Gasteiger partial charge on any atom is -0.321 e. The Morgan fingerprint density at radius 2 is 1.64 bits per heavy atom. The van der Waals surface area contributed by atoms with E-state index in [0.717, 1.165) is 23.2 Å². The average molecular weight is 543 g/mol. The van der Waals surface area contributed by atoms with Crippen LogP contribution in [0.15, 0.2) is 83.8 Å². The number of hydrogen-bond acceptors (Lipinski definition) is 5. The molecule has 0 saturated heterocycles. The predicted octanol–water partition coefficient (Wildman–Crippen LogP) is 4.65. The monoisotopic (exact) mass is 542 g/mol. The summed E-state index contributed by atoms with van der Waals surface area (Å²) in [5, 5.41) is 4.02. The number of benzene rings is 4. The smallest absolute Gasteiger partial charge is 0.262 e. The van der Waals surface area contributed by atoms with E-state index in [1.165, 1.54) is 6.07 Å². The second-order valence-electron chi connectivity index (χ2n) is 9.91. The summed E-state index contributed by atoms with van der Waals surface area (Å²) in [7, 11) is -0.320. The van der Waals surface area contributed by atoms with Gasteiger partial charge in [-0.3, -0.25) is 14.3 Å². The molecular weight excluding hydrogens is 512 g/mol. The van der Waals surface area contributed by atoms with Gasteiger partial charge in [0, 0.05) is 34.3 Å². The van der Waals surface area contributed by atoms with Crippen molar-refractivity contribution in [2.24, 2.45) is 0 Å². The topological polar surface area (TPSA) is 98.8 Å². The first kappa shape index (κ1) is 26.4. The molecule has 8 nitrogen and oxygen atoms in total. The van der Waals surface area contributed by atoms with Crippen LogP contribution in [-0.4, -0.2) is 52.3 Å². The molecule has 0 spiro atoms. The molecule has 0 bridgehead atoms. The fraction of sp³-hybridized carbons (Fsp3) is 0.200. The lowest BCUT2D eigenvalue weighted by Crippen LogP contribution is -2.36. The highest BCUT2D eigenvalue weighted by molar-refractivity contribution is 7.93. The molecule has 2 amide bonds. The quantitative estimate of drug-likeness (QED) is 0.354. The van der Waals surface area contributed by atoms with Crippen LogP contribution >= 0.6 is 0 Å². The summed E-state index contributed by atoms with van der Waals surface area (Å²) in [6, 6.07) is 22.8. The SMILES string of the molecule is Cc1ccccc1C(=O)Nc1ccc(S(=O)(=O)Nc2ccc3c(c2)N(C(=O)CN(C)C)CC3)c2ccccc12. The second kappa shape index (κ2) is 10.5. The van der Waals surface area contributed by atoms with Crippen LogP contribution in [0.25, 0.3) is 10.8 Å². The number of sulfonamides is 1. The fourth-order valence-electron chi connectivity index (χ4n) is 4.90. The van der Waals surface area contributed by atoms with Crippen molar-refractivity contribution in [3.63, 3.8) is 0 Å². The highest BCUT2D eigenvalue weighted by Gasteiger charge is 2.26. The zero-order chi connectivity index (χ0) is 27.7. The lowest BCUT2D eigenvalue weighted by atomic mass is 10.1. The molecule has 1 aliphatic heterocycles. The molecule has 4 aromatic rings. The molecule has 0 saturated carbocycles. The van der Waals surface area contributed by atoms with Crippen molar-refractivity contribution < 1.29 is 18.0 Å². The lowest BCUT2D eigenvalue weighted by Gasteiger charge is -2.20. The normalized spacial score (nSPS) is 13.0. The van der Waals surface area contributed by atoms with Gasteiger partial charge in [-0.25, -0.2) is 8.42 Å². The minimum absolute atomic E-state index is 0.0342. The van der Waals surface area contributed by atoms with Crippen LogP contribution in [0, 0.1) is 6.92 Å². The van der Waals surface area contributed by atoms with Crippen molar-refractivity contribution in [3.8, 4) is 0 Å². The van der Waals surface area contributed by atoms with Crippen molar-refractivity contribution in [2.45, 2.75) is 18.2 Å². The fourth-order valence-corrected chi connectivity index (χ4v) is 6.16. The molecule has 0 aliphatic carbocycles. The number of fused-ring (bicyclic) bond motifs is 2. The van der Waals surface area contributed by atoms with Crippen LogP contribution in [0.1, 0.15) is 21.5 Å². The Balaban J connectivity index is 1.45. The van der Waals surface area contributed by atoms with Gasteiger partial charge in [-0.1, -0.05) is 48.5 Å². The summed E-state index contributed by atoms with van der Waals surface area (Å²) >= 11 is 0. The van der Waals surface area contributed by atoms with E-state index in [2.05, 4.69) is 10.0 Å². The zero-order valence-electron chi connectivity index (χ0n) is 22.1. The van der Waals surface area contributed by atoms with E-state index in [9.17, 15) is 18.0 Å². The maximum absolute atomic E-state index is 13.6. The van der Waals surface area contributed by atoms with Gasteiger partial charge in [0.15, 0.2) is 0 Å². The van der Waals surface area contributed by atoms with E-state index >= 15 is 0 Å². The number of nitrogens with one attached hydrogen (secondary N) is 2. The summed E-state index contributed by atoms with van der Waals surface area (Å²) < 4.78 is 29.9. The third-order valence-corrected chi connectivity index (χ3v) is 8.24. The van der Waals surface area contributed by atoms with E-state index in [4.69, 9.17) is 0 Å². The highest BCUT2D eigenvalue weighted by Crippen LogP contribution is 2.34. The number of anilines is 3. The van der Waals surface area contributed by atoms with E-state index < -0.39 is 10.0 Å². The zero-order valence-corrected chi connectivity index (χ0v) is 22.9. The molecule has 0 unspecified atom stereocenters. The Kier molecular flexibility index (Phi) is 7.12. The van der Waals surface area contributed by atoms with Crippen LogP contribution in [0.2, 0.25) is 0 Å². The van der Waals surface area contributed by atoms with Crippen molar-refractivity contribution in [2.75, 3.05) is 42.1 Å². The Bertz CT molecular complexity index is 1700. The first-order chi connectivity index (χ1) is 18.6. The van der Waals surface area contributed by atoms with E-state index in [1.54, 1.807) is 59.5 Å². The number of carbonyl (C=O) groups is 2. The molecule has 0 fully saturated rings. The molecule has 1 heterocycles. The van der Waals surface area contributed by atoms with Gasteiger partial charge in [-0.15, -0.1) is 0 Å². The van der Waals surface area contributed by atoms with Crippen LogP contribution in [0.3, 0.4) is 0 Å². The molecular formula is C30H30N4O4S. The summed E-state index contributed by atoms with van der Waals surface area (Å²) in [5.41, 5.74) is 4.02. The molecule has 0 radical (unpaired) electrons. The number of rotatable bonds is 7. The summed E-state index contributed by atoms with van der Waals surface area (Å²) in [5.74, 6) is -0.299. The van der Waals surface area contributed by atoms with Crippen LogP contribution in [0.4, 0.5) is 17.1 Å². The summed E-state index contributed by atoms with van der Waals surface area (Å²) in [4.78, 5) is 29.3. The van der Waals surface area contributed by atoms with Crippen molar-refractivity contribution in [3.05, 3.63) is 95.6 Å². The van der Waals surface area contributed by atoms with Gasteiger partial charge < -0.3 is 15.1 Å². The van der Waals surface area contributed by atoms with Gasteiger partial charge in [0.05, 0.1) is 17.1 Å². The van der Waals surface area contributed by atoms with Gasteiger partial charge in [-0.05, 0) is 68.9 Å². The van der Waals surface area contributed by atoms with Crippen LogP contribution in [0.5, 0.6) is 0 Å².